The van der Waals surface area contributed by atoms with E-state index in [9.17, 15) is 0 Å². The zero-order chi connectivity index (χ0) is 13.8. The van der Waals surface area contributed by atoms with Crippen LogP contribution in [-0.4, -0.2) is 29.8 Å². The highest BCUT2D eigenvalue weighted by molar-refractivity contribution is 5.20. The molecule has 2 heterocycles. The summed E-state index contributed by atoms with van der Waals surface area (Å²) in [7, 11) is 0. The fourth-order valence-electron chi connectivity index (χ4n) is 2.75. The van der Waals surface area contributed by atoms with Crippen LogP contribution in [0.1, 0.15) is 30.3 Å². The third kappa shape index (κ3) is 3.02. The van der Waals surface area contributed by atoms with Crippen molar-refractivity contribution in [2.75, 3.05) is 19.7 Å². The van der Waals surface area contributed by atoms with Crippen LogP contribution in [-0.2, 0) is 0 Å². The SMILES string of the molecule is Cc1cc([C@@H]2CCCN2CCOc2ccccc2)on1. The number of hydrogen-bond donors (Lipinski definition) is 0. The molecular formula is C16H20N2O2. The van der Waals surface area contributed by atoms with E-state index in [-0.39, 0.29) is 0 Å². The van der Waals surface area contributed by atoms with Crippen molar-refractivity contribution in [3.63, 3.8) is 0 Å². The first-order chi connectivity index (χ1) is 9.83. The van der Waals surface area contributed by atoms with Crippen molar-refractivity contribution < 1.29 is 9.26 Å². The monoisotopic (exact) mass is 272 g/mol. The van der Waals surface area contributed by atoms with Gasteiger partial charge in [-0.15, -0.1) is 0 Å². The molecule has 0 bridgehead atoms. The average Bonchev–Trinajstić information content (AvgIpc) is 3.09. The van der Waals surface area contributed by atoms with E-state index in [1.807, 2.05) is 43.3 Å². The molecule has 0 aliphatic carbocycles. The van der Waals surface area contributed by atoms with Crippen LogP contribution in [0.3, 0.4) is 0 Å². The van der Waals surface area contributed by atoms with Gasteiger partial charge in [0.05, 0.1) is 11.7 Å². The van der Waals surface area contributed by atoms with E-state index in [0.29, 0.717) is 12.6 Å². The number of aromatic nitrogens is 1. The summed E-state index contributed by atoms with van der Waals surface area (Å²) < 4.78 is 11.2. The third-order valence-corrected chi connectivity index (χ3v) is 3.73. The van der Waals surface area contributed by atoms with Gasteiger partial charge in [0.2, 0.25) is 0 Å². The van der Waals surface area contributed by atoms with Crippen LogP contribution in [0.25, 0.3) is 0 Å². The van der Waals surface area contributed by atoms with Gasteiger partial charge in [0.1, 0.15) is 12.4 Å². The van der Waals surface area contributed by atoms with Gasteiger partial charge in [0.15, 0.2) is 5.76 Å². The molecule has 3 rings (SSSR count). The van der Waals surface area contributed by atoms with E-state index >= 15 is 0 Å². The molecule has 1 aromatic heterocycles. The topological polar surface area (TPSA) is 38.5 Å². The maximum atomic E-state index is 5.77. The molecule has 106 valence electrons. The Morgan fingerprint density at radius 3 is 2.95 bits per heavy atom. The van der Waals surface area contributed by atoms with Crippen LogP contribution >= 0.6 is 0 Å². The highest BCUT2D eigenvalue weighted by atomic mass is 16.5. The maximum Gasteiger partial charge on any atom is 0.154 e. The summed E-state index contributed by atoms with van der Waals surface area (Å²) in [4.78, 5) is 2.42. The minimum Gasteiger partial charge on any atom is -0.492 e. The molecule has 0 radical (unpaired) electrons. The van der Waals surface area contributed by atoms with E-state index in [0.717, 1.165) is 36.7 Å². The molecular weight excluding hydrogens is 252 g/mol. The lowest BCUT2D eigenvalue weighted by atomic mass is 10.1. The van der Waals surface area contributed by atoms with Gasteiger partial charge in [-0.2, -0.15) is 0 Å². The largest absolute Gasteiger partial charge is 0.492 e. The van der Waals surface area contributed by atoms with Gasteiger partial charge in [-0.3, -0.25) is 4.90 Å². The zero-order valence-corrected chi connectivity index (χ0v) is 11.8. The summed E-state index contributed by atoms with van der Waals surface area (Å²) in [6, 6.07) is 12.4. The predicted octanol–water partition coefficient (Wildman–Crippen LogP) is 3.20. The Labute approximate surface area is 119 Å². The Balaban J connectivity index is 1.54. The fourth-order valence-corrected chi connectivity index (χ4v) is 2.75. The van der Waals surface area contributed by atoms with Crippen molar-refractivity contribution in [1.82, 2.24) is 10.1 Å². The molecule has 0 amide bonds. The minimum atomic E-state index is 0.357. The molecule has 1 fully saturated rings. The maximum absolute atomic E-state index is 5.77. The quantitative estimate of drug-likeness (QED) is 0.838. The number of aryl methyl sites for hydroxylation is 1. The highest BCUT2D eigenvalue weighted by Gasteiger charge is 2.28. The fraction of sp³-hybridized carbons (Fsp3) is 0.438. The Kier molecular flexibility index (Phi) is 4.02. The summed E-state index contributed by atoms with van der Waals surface area (Å²) in [5.74, 6) is 1.92. The van der Waals surface area contributed by atoms with Crippen molar-refractivity contribution >= 4 is 0 Å². The number of para-hydroxylation sites is 1. The summed E-state index contributed by atoms with van der Waals surface area (Å²) in [6.07, 6.45) is 2.34. The molecule has 1 atom stereocenters. The van der Waals surface area contributed by atoms with Gasteiger partial charge in [0, 0.05) is 12.6 Å². The van der Waals surface area contributed by atoms with Crippen LogP contribution < -0.4 is 4.74 Å². The third-order valence-electron chi connectivity index (χ3n) is 3.73. The van der Waals surface area contributed by atoms with E-state index in [1.165, 1.54) is 6.42 Å². The summed E-state index contributed by atoms with van der Waals surface area (Å²) in [6.45, 7) is 4.68. The Bertz CT molecular complexity index is 538. The Morgan fingerprint density at radius 1 is 1.35 bits per heavy atom. The molecule has 1 aliphatic rings. The second kappa shape index (κ2) is 6.09. The molecule has 1 saturated heterocycles. The van der Waals surface area contributed by atoms with Crippen LogP contribution in [0.2, 0.25) is 0 Å². The van der Waals surface area contributed by atoms with Crippen LogP contribution in [0.5, 0.6) is 5.75 Å². The zero-order valence-electron chi connectivity index (χ0n) is 11.8. The molecule has 0 N–H and O–H groups in total. The highest BCUT2D eigenvalue weighted by Crippen LogP contribution is 2.31. The predicted molar refractivity (Wildman–Crippen MR) is 76.7 cm³/mol. The standard InChI is InChI=1S/C16H20N2O2/c1-13-12-16(20-17-13)15-8-5-9-18(15)10-11-19-14-6-3-2-4-7-14/h2-4,6-7,12,15H,5,8-11H2,1H3/t15-/m0/s1. The molecule has 1 aromatic carbocycles. The minimum absolute atomic E-state index is 0.357. The number of ether oxygens (including phenoxy) is 1. The van der Waals surface area contributed by atoms with Gasteiger partial charge < -0.3 is 9.26 Å². The van der Waals surface area contributed by atoms with Crippen LogP contribution in [0, 0.1) is 6.92 Å². The van der Waals surface area contributed by atoms with E-state index in [4.69, 9.17) is 9.26 Å². The molecule has 1 aliphatic heterocycles. The number of rotatable bonds is 5. The van der Waals surface area contributed by atoms with E-state index < -0.39 is 0 Å². The molecule has 4 nitrogen and oxygen atoms in total. The molecule has 0 spiro atoms. The van der Waals surface area contributed by atoms with Gasteiger partial charge in [0.25, 0.3) is 0 Å². The van der Waals surface area contributed by atoms with Gasteiger partial charge in [-0.05, 0) is 38.4 Å². The first-order valence-electron chi connectivity index (χ1n) is 7.18. The number of benzene rings is 1. The van der Waals surface area contributed by atoms with Crippen molar-refractivity contribution in [3.8, 4) is 5.75 Å². The molecule has 0 unspecified atom stereocenters. The Hall–Kier alpha value is -1.81. The smallest absolute Gasteiger partial charge is 0.154 e. The van der Waals surface area contributed by atoms with Crippen molar-refractivity contribution in [2.45, 2.75) is 25.8 Å². The lowest BCUT2D eigenvalue weighted by Gasteiger charge is -2.22. The summed E-state index contributed by atoms with van der Waals surface area (Å²) in [5, 5.41) is 3.99. The first-order valence-corrected chi connectivity index (χ1v) is 7.18. The number of nitrogens with zero attached hydrogens (tertiary/aromatic N) is 2. The van der Waals surface area contributed by atoms with Gasteiger partial charge >= 0.3 is 0 Å². The van der Waals surface area contributed by atoms with Crippen LogP contribution in [0.15, 0.2) is 40.9 Å². The molecule has 4 heteroatoms. The Morgan fingerprint density at radius 2 is 2.20 bits per heavy atom. The van der Waals surface area contributed by atoms with Gasteiger partial charge in [-0.1, -0.05) is 23.4 Å². The summed E-state index contributed by atoms with van der Waals surface area (Å²) in [5.41, 5.74) is 0.951. The number of hydrogen-bond acceptors (Lipinski definition) is 4. The normalized spacial score (nSPS) is 19.4. The second-order valence-corrected chi connectivity index (χ2v) is 5.23. The van der Waals surface area contributed by atoms with Crippen LogP contribution in [0.4, 0.5) is 0 Å². The first kappa shape index (κ1) is 13.2. The van der Waals surface area contributed by atoms with Crippen molar-refractivity contribution in [2.24, 2.45) is 0 Å². The van der Waals surface area contributed by atoms with Crippen molar-refractivity contribution in [1.29, 1.82) is 0 Å². The van der Waals surface area contributed by atoms with E-state index in [1.54, 1.807) is 0 Å². The lowest BCUT2D eigenvalue weighted by molar-refractivity contribution is 0.175. The average molecular weight is 272 g/mol. The summed E-state index contributed by atoms with van der Waals surface area (Å²) >= 11 is 0. The molecule has 20 heavy (non-hydrogen) atoms. The van der Waals surface area contributed by atoms with Gasteiger partial charge in [-0.25, -0.2) is 0 Å². The van der Waals surface area contributed by atoms with Crippen molar-refractivity contribution in [3.05, 3.63) is 47.9 Å². The molecule has 2 aromatic rings. The second-order valence-electron chi connectivity index (χ2n) is 5.23. The molecule has 0 saturated carbocycles. The lowest BCUT2D eigenvalue weighted by Crippen LogP contribution is -2.28. The number of likely N-dealkylation sites (tertiary alicyclic amines) is 1. The van der Waals surface area contributed by atoms with E-state index in [2.05, 4.69) is 10.1 Å².